The Hall–Kier alpha value is -3.50. The molecule has 4 heteroatoms. The Balaban J connectivity index is 1.57. The van der Waals surface area contributed by atoms with Crippen LogP contribution in [0.5, 0.6) is 0 Å². The minimum atomic E-state index is -0.735. The number of rotatable bonds is 3. The van der Waals surface area contributed by atoms with Gasteiger partial charge in [0.15, 0.2) is 5.84 Å². The average Bonchev–Trinajstić information content (AvgIpc) is 3.18. The molecule has 2 unspecified atom stereocenters. The fourth-order valence-corrected chi connectivity index (χ4v) is 6.08. The number of nitrogens with zero attached hydrogens (tertiary/aromatic N) is 2. The van der Waals surface area contributed by atoms with E-state index in [-0.39, 0.29) is 5.25 Å². The Kier molecular flexibility index (Phi) is 4.96. The molecule has 4 aromatic carbocycles. The molecule has 2 aliphatic rings. The third-order valence-corrected chi connectivity index (χ3v) is 7.72. The van der Waals surface area contributed by atoms with Gasteiger partial charge in [0.25, 0.3) is 0 Å². The minimum Gasteiger partial charge on any atom is -0.360 e. The normalized spacial score (nSPS) is 21.4. The summed E-state index contributed by atoms with van der Waals surface area (Å²) in [6.45, 7) is 2.13. The van der Waals surface area contributed by atoms with Gasteiger partial charge >= 0.3 is 0 Å². The zero-order valence-electron chi connectivity index (χ0n) is 18.4. The van der Waals surface area contributed by atoms with Crippen LogP contribution >= 0.6 is 11.8 Å². The second-order valence-electron chi connectivity index (χ2n) is 8.55. The summed E-state index contributed by atoms with van der Waals surface area (Å²) in [6.07, 6.45) is 0.763. The molecule has 0 aromatic heterocycles. The van der Waals surface area contributed by atoms with Gasteiger partial charge in [-0.15, -0.1) is 11.8 Å². The Labute approximate surface area is 198 Å². The molecule has 2 atom stereocenters. The van der Waals surface area contributed by atoms with E-state index in [4.69, 9.17) is 9.99 Å². The third-order valence-electron chi connectivity index (χ3n) is 6.40. The first kappa shape index (κ1) is 20.1. The Morgan fingerprint density at radius 2 is 1.48 bits per heavy atom. The van der Waals surface area contributed by atoms with E-state index < -0.39 is 5.72 Å². The van der Waals surface area contributed by atoms with Gasteiger partial charge in [-0.05, 0) is 24.6 Å². The molecule has 2 aliphatic heterocycles. The Morgan fingerprint density at radius 1 is 0.818 bits per heavy atom. The molecule has 0 N–H and O–H groups in total. The van der Waals surface area contributed by atoms with Crippen molar-refractivity contribution in [3.05, 3.63) is 131 Å². The fourth-order valence-electron chi connectivity index (χ4n) is 4.73. The molecule has 0 saturated heterocycles. The molecule has 0 saturated carbocycles. The van der Waals surface area contributed by atoms with E-state index in [1.807, 2.05) is 30.0 Å². The predicted molar refractivity (Wildman–Crippen MR) is 135 cm³/mol. The summed E-state index contributed by atoms with van der Waals surface area (Å²) in [5.41, 5.74) is 5.11. The minimum absolute atomic E-state index is 0.210. The lowest BCUT2D eigenvalue weighted by molar-refractivity contribution is -0.0283. The van der Waals surface area contributed by atoms with Crippen molar-refractivity contribution in [3.63, 3.8) is 0 Å². The lowest BCUT2D eigenvalue weighted by Crippen LogP contribution is -2.47. The van der Waals surface area contributed by atoms with Crippen LogP contribution in [0.1, 0.15) is 33.9 Å². The maximum absolute atomic E-state index is 6.51. The van der Waals surface area contributed by atoms with Gasteiger partial charge in [0.1, 0.15) is 0 Å². The molecule has 0 bridgehead atoms. The summed E-state index contributed by atoms with van der Waals surface area (Å²) in [7, 11) is 0. The van der Waals surface area contributed by atoms with Crippen LogP contribution < -0.4 is 4.90 Å². The van der Waals surface area contributed by atoms with Crippen LogP contribution in [0.4, 0.5) is 5.69 Å². The van der Waals surface area contributed by atoms with Crippen molar-refractivity contribution in [1.82, 2.24) is 0 Å². The molecule has 0 fully saturated rings. The summed E-state index contributed by atoms with van der Waals surface area (Å²) >= 11 is 1.91. The first-order valence-corrected chi connectivity index (χ1v) is 12.1. The van der Waals surface area contributed by atoms with Crippen LogP contribution in [-0.4, -0.2) is 5.84 Å². The van der Waals surface area contributed by atoms with E-state index in [0.717, 1.165) is 29.1 Å². The zero-order valence-corrected chi connectivity index (χ0v) is 19.2. The van der Waals surface area contributed by atoms with Crippen LogP contribution in [0.25, 0.3) is 0 Å². The van der Waals surface area contributed by atoms with Crippen LogP contribution in [-0.2, 0) is 10.6 Å². The highest BCUT2D eigenvalue weighted by atomic mass is 32.2. The number of para-hydroxylation sites is 1. The van der Waals surface area contributed by atoms with Gasteiger partial charge in [-0.2, -0.15) is 0 Å². The molecule has 4 aromatic rings. The number of amidine groups is 1. The fraction of sp³-hybridized carbons (Fsp3) is 0.138. The highest BCUT2D eigenvalue weighted by Crippen LogP contribution is 2.56. The van der Waals surface area contributed by atoms with Crippen molar-refractivity contribution in [3.8, 4) is 0 Å². The van der Waals surface area contributed by atoms with Gasteiger partial charge in [-0.1, -0.05) is 108 Å². The molecule has 0 amide bonds. The van der Waals surface area contributed by atoms with Gasteiger partial charge in [0.05, 0.1) is 5.69 Å². The number of anilines is 1. The summed E-state index contributed by atoms with van der Waals surface area (Å²) in [6, 6.07) is 38.3. The predicted octanol–water partition coefficient (Wildman–Crippen LogP) is 7.28. The number of oxime groups is 1. The summed E-state index contributed by atoms with van der Waals surface area (Å²) in [5, 5.41) is 4.93. The Bertz CT molecular complexity index is 1300. The second-order valence-corrected chi connectivity index (χ2v) is 9.79. The van der Waals surface area contributed by atoms with Gasteiger partial charge in [0, 0.05) is 27.7 Å². The lowest BCUT2D eigenvalue weighted by atomic mass is 9.92. The summed E-state index contributed by atoms with van der Waals surface area (Å²) in [5.74, 6) is 0.844. The maximum atomic E-state index is 6.51. The molecular weight excluding hydrogens is 424 g/mol. The number of hydrogen-bond acceptors (Lipinski definition) is 4. The number of thioether (sulfide) groups is 1. The molecule has 3 nitrogen and oxygen atoms in total. The molecule has 0 spiro atoms. The van der Waals surface area contributed by atoms with E-state index in [0.29, 0.717) is 0 Å². The van der Waals surface area contributed by atoms with E-state index in [1.54, 1.807) is 0 Å². The molecule has 6 rings (SSSR count). The molecule has 0 aliphatic carbocycles. The second kappa shape index (κ2) is 8.13. The van der Waals surface area contributed by atoms with E-state index in [2.05, 4.69) is 103 Å². The van der Waals surface area contributed by atoms with Crippen LogP contribution in [0, 0.1) is 6.92 Å². The molecule has 2 heterocycles. The highest BCUT2D eigenvalue weighted by molar-refractivity contribution is 7.99. The van der Waals surface area contributed by atoms with Crippen LogP contribution in [0.15, 0.2) is 119 Å². The number of benzene rings is 4. The average molecular weight is 449 g/mol. The topological polar surface area (TPSA) is 24.8 Å². The van der Waals surface area contributed by atoms with E-state index in [1.165, 1.54) is 16.0 Å². The smallest absolute Gasteiger partial charge is 0.242 e. The molecule has 162 valence electrons. The van der Waals surface area contributed by atoms with E-state index in [9.17, 15) is 0 Å². The highest BCUT2D eigenvalue weighted by Gasteiger charge is 2.52. The third kappa shape index (κ3) is 3.42. The van der Waals surface area contributed by atoms with Crippen LogP contribution in [0.3, 0.4) is 0 Å². The lowest BCUT2D eigenvalue weighted by Gasteiger charge is -2.37. The number of aryl methyl sites for hydroxylation is 1. The van der Waals surface area contributed by atoms with E-state index >= 15 is 0 Å². The van der Waals surface area contributed by atoms with Crippen molar-refractivity contribution in [2.75, 3.05) is 4.90 Å². The molecular formula is C29H24N2OS. The van der Waals surface area contributed by atoms with Crippen molar-refractivity contribution >= 4 is 23.3 Å². The Morgan fingerprint density at radius 3 is 2.24 bits per heavy atom. The van der Waals surface area contributed by atoms with Crippen molar-refractivity contribution in [1.29, 1.82) is 0 Å². The van der Waals surface area contributed by atoms with Crippen LogP contribution in [0.2, 0.25) is 0 Å². The van der Waals surface area contributed by atoms with Gasteiger partial charge < -0.3 is 4.84 Å². The monoisotopic (exact) mass is 448 g/mol. The maximum Gasteiger partial charge on any atom is 0.242 e. The molecule has 0 radical (unpaired) electrons. The van der Waals surface area contributed by atoms with Gasteiger partial charge in [-0.25, -0.2) is 0 Å². The van der Waals surface area contributed by atoms with Crippen molar-refractivity contribution < 1.29 is 4.84 Å². The zero-order chi connectivity index (χ0) is 22.3. The number of fused-ring (bicyclic) bond motifs is 3. The first-order valence-electron chi connectivity index (χ1n) is 11.2. The van der Waals surface area contributed by atoms with Gasteiger partial charge in [-0.3, -0.25) is 4.90 Å². The standard InChI is InChI=1S/C29H24N2OS/c1-21-16-18-22(19-17-21)27-20-29(24-12-6-3-7-13-24)31(25-14-8-9-15-26(25)33-27)28(30-32-29)23-10-4-2-5-11-23/h2-19,27H,20H2,1H3. The summed E-state index contributed by atoms with van der Waals surface area (Å²) in [4.78, 5) is 10.1. The summed E-state index contributed by atoms with van der Waals surface area (Å²) < 4.78 is 0. The quantitative estimate of drug-likeness (QED) is 0.329. The first-order chi connectivity index (χ1) is 16.2. The van der Waals surface area contributed by atoms with Crippen molar-refractivity contribution in [2.45, 2.75) is 29.2 Å². The largest absolute Gasteiger partial charge is 0.360 e. The SMILES string of the molecule is Cc1ccc(C2CC3(c4ccccc4)ON=C(c4ccccc4)N3c3ccccc3S2)cc1. The van der Waals surface area contributed by atoms with Crippen molar-refractivity contribution in [2.24, 2.45) is 5.16 Å². The molecule has 33 heavy (non-hydrogen) atoms. The number of hydrogen-bond donors (Lipinski definition) is 0. The van der Waals surface area contributed by atoms with Gasteiger partial charge in [0.2, 0.25) is 5.72 Å².